The molecule has 0 spiro atoms. The lowest BCUT2D eigenvalue weighted by molar-refractivity contribution is 0.0365. The van der Waals surface area contributed by atoms with E-state index < -0.39 is 0 Å². The van der Waals surface area contributed by atoms with Crippen molar-refractivity contribution in [3.63, 3.8) is 0 Å². The number of hydrogen-bond donors (Lipinski definition) is 0. The van der Waals surface area contributed by atoms with E-state index in [2.05, 4.69) is 27.1 Å². The number of carbonyl (C=O) groups is 1. The Morgan fingerprint density at radius 3 is 2.89 bits per heavy atom. The molecule has 2 aliphatic heterocycles. The normalized spacial score (nSPS) is 20.7. The second-order valence-corrected chi connectivity index (χ2v) is 7.77. The molecule has 3 heterocycles. The maximum atomic E-state index is 12.8. The first-order valence-corrected chi connectivity index (χ1v) is 9.90. The van der Waals surface area contributed by atoms with Crippen LogP contribution >= 0.6 is 0 Å². The highest BCUT2D eigenvalue weighted by Crippen LogP contribution is 2.22. The van der Waals surface area contributed by atoms with Gasteiger partial charge < -0.3 is 9.42 Å². The molecule has 0 radical (unpaired) electrons. The lowest BCUT2D eigenvalue weighted by Crippen LogP contribution is -2.56. The molecule has 0 bridgehead atoms. The van der Waals surface area contributed by atoms with Gasteiger partial charge in [-0.3, -0.25) is 14.6 Å². The van der Waals surface area contributed by atoms with Crippen molar-refractivity contribution in [1.29, 1.82) is 0 Å². The average Bonchev–Trinajstić information content (AvgIpc) is 3.16. The number of amides is 1. The van der Waals surface area contributed by atoms with Gasteiger partial charge in [0.25, 0.3) is 5.91 Å². The van der Waals surface area contributed by atoms with Crippen LogP contribution in [0.1, 0.15) is 41.1 Å². The highest BCUT2D eigenvalue weighted by atomic mass is 16.5. The summed E-state index contributed by atoms with van der Waals surface area (Å²) in [6, 6.07) is 12.6. The second kappa shape index (κ2) is 8.23. The van der Waals surface area contributed by atoms with Gasteiger partial charge in [0.1, 0.15) is 0 Å². The maximum Gasteiger partial charge on any atom is 0.276 e. The lowest BCUT2D eigenvalue weighted by Gasteiger charge is -2.43. The van der Waals surface area contributed by atoms with Crippen molar-refractivity contribution in [1.82, 2.24) is 19.9 Å². The number of rotatable bonds is 5. The summed E-state index contributed by atoms with van der Waals surface area (Å²) in [6.45, 7) is 5.20. The second-order valence-electron chi connectivity index (χ2n) is 7.77. The molecule has 27 heavy (non-hydrogen) atoms. The number of nitrogens with zero attached hydrogens (tertiary/aromatic N) is 4. The van der Waals surface area contributed by atoms with Crippen LogP contribution in [0, 0.1) is 0 Å². The van der Waals surface area contributed by atoms with Crippen LogP contribution in [-0.4, -0.2) is 65.0 Å². The highest BCUT2D eigenvalue weighted by molar-refractivity contribution is 5.92. The fraction of sp³-hybridized carbons (Fsp3) is 0.524. The fourth-order valence-electron chi connectivity index (χ4n) is 4.21. The highest BCUT2D eigenvalue weighted by Gasteiger charge is 2.32. The zero-order valence-electron chi connectivity index (χ0n) is 16.0. The number of carbonyl (C=O) groups excluding carboxylic acids is 1. The molecular formula is C21H28N4O2. The van der Waals surface area contributed by atoms with Gasteiger partial charge in [0.05, 0.1) is 6.54 Å². The topological polar surface area (TPSA) is 52.8 Å². The molecule has 2 aromatic rings. The van der Waals surface area contributed by atoms with E-state index in [0.717, 1.165) is 31.9 Å². The molecule has 6 heteroatoms. The average molecular weight is 368 g/mol. The van der Waals surface area contributed by atoms with Gasteiger partial charge in [0.2, 0.25) is 0 Å². The number of hydrogen-bond acceptors (Lipinski definition) is 5. The molecule has 4 rings (SSSR count). The van der Waals surface area contributed by atoms with Crippen molar-refractivity contribution < 1.29 is 9.32 Å². The molecule has 2 aliphatic rings. The summed E-state index contributed by atoms with van der Waals surface area (Å²) < 4.78 is 5.44. The van der Waals surface area contributed by atoms with Crippen LogP contribution in [0.3, 0.4) is 0 Å². The van der Waals surface area contributed by atoms with E-state index in [1.165, 1.54) is 31.4 Å². The Morgan fingerprint density at radius 1 is 1.19 bits per heavy atom. The first-order chi connectivity index (χ1) is 13.2. The summed E-state index contributed by atoms with van der Waals surface area (Å²) in [6.07, 6.45) is 3.75. The SMILES string of the molecule is CN(Cc1ccccc1)Cc1cc(C(=O)N2CCN3CCCC[C@@H]3C2)no1. The Morgan fingerprint density at radius 2 is 2.04 bits per heavy atom. The molecular weight excluding hydrogens is 340 g/mol. The van der Waals surface area contributed by atoms with Crippen LogP contribution in [0.25, 0.3) is 0 Å². The zero-order chi connectivity index (χ0) is 18.6. The molecule has 1 aromatic heterocycles. The van der Waals surface area contributed by atoms with Crippen molar-refractivity contribution in [2.24, 2.45) is 0 Å². The van der Waals surface area contributed by atoms with Crippen molar-refractivity contribution >= 4 is 5.91 Å². The number of benzene rings is 1. The van der Waals surface area contributed by atoms with Crippen LogP contribution < -0.4 is 0 Å². The largest absolute Gasteiger partial charge is 0.359 e. The fourth-order valence-corrected chi connectivity index (χ4v) is 4.21. The minimum atomic E-state index is 0.000867. The molecule has 0 unspecified atom stereocenters. The Bertz CT molecular complexity index is 761. The van der Waals surface area contributed by atoms with Crippen LogP contribution in [0.5, 0.6) is 0 Å². The van der Waals surface area contributed by atoms with Gasteiger partial charge in [-0.05, 0) is 32.0 Å². The van der Waals surface area contributed by atoms with Crippen LogP contribution in [0.4, 0.5) is 0 Å². The number of fused-ring (bicyclic) bond motifs is 1. The van der Waals surface area contributed by atoms with E-state index in [9.17, 15) is 4.79 Å². The Hall–Kier alpha value is -2.18. The van der Waals surface area contributed by atoms with E-state index in [1.54, 1.807) is 6.07 Å². The van der Waals surface area contributed by atoms with Gasteiger partial charge in [-0.1, -0.05) is 41.9 Å². The molecule has 2 saturated heterocycles. The molecule has 2 fully saturated rings. The molecule has 0 N–H and O–H groups in total. The summed E-state index contributed by atoms with van der Waals surface area (Å²) in [7, 11) is 2.04. The zero-order valence-corrected chi connectivity index (χ0v) is 16.0. The minimum Gasteiger partial charge on any atom is -0.359 e. The van der Waals surface area contributed by atoms with Crippen molar-refractivity contribution in [2.75, 3.05) is 33.2 Å². The van der Waals surface area contributed by atoms with Gasteiger partial charge in [-0.25, -0.2) is 0 Å². The van der Waals surface area contributed by atoms with Gasteiger partial charge in [-0.15, -0.1) is 0 Å². The molecule has 0 saturated carbocycles. The predicted molar refractivity (Wildman–Crippen MR) is 103 cm³/mol. The molecule has 6 nitrogen and oxygen atoms in total. The van der Waals surface area contributed by atoms with Crippen LogP contribution in [0.15, 0.2) is 40.9 Å². The first kappa shape index (κ1) is 18.2. The molecule has 1 amide bonds. The lowest BCUT2D eigenvalue weighted by atomic mass is 9.99. The van der Waals surface area contributed by atoms with Crippen molar-refractivity contribution in [3.05, 3.63) is 53.4 Å². The van der Waals surface area contributed by atoms with E-state index in [-0.39, 0.29) is 5.91 Å². The molecule has 0 aliphatic carbocycles. The summed E-state index contributed by atoms with van der Waals surface area (Å²) in [4.78, 5) is 19.5. The summed E-state index contributed by atoms with van der Waals surface area (Å²) in [5, 5.41) is 4.05. The molecule has 1 atom stereocenters. The third-order valence-corrected chi connectivity index (χ3v) is 5.62. The van der Waals surface area contributed by atoms with Crippen molar-refractivity contribution in [3.8, 4) is 0 Å². The number of aromatic nitrogens is 1. The maximum absolute atomic E-state index is 12.8. The van der Waals surface area contributed by atoms with Gasteiger partial charge in [0.15, 0.2) is 11.5 Å². The summed E-state index contributed by atoms with van der Waals surface area (Å²) in [5.41, 5.74) is 1.68. The molecule has 144 valence electrons. The van der Waals surface area contributed by atoms with Gasteiger partial charge in [-0.2, -0.15) is 0 Å². The Balaban J connectivity index is 1.33. The minimum absolute atomic E-state index is 0.000867. The van der Waals surface area contributed by atoms with Crippen LogP contribution in [0.2, 0.25) is 0 Å². The van der Waals surface area contributed by atoms with Gasteiger partial charge in [0, 0.05) is 38.3 Å². The van der Waals surface area contributed by atoms with E-state index in [1.807, 2.05) is 30.1 Å². The molecule has 1 aromatic carbocycles. The van der Waals surface area contributed by atoms with Gasteiger partial charge >= 0.3 is 0 Å². The number of piperidine rings is 1. The standard InChI is InChI=1S/C21H28N4O2/c1-23(14-17-7-3-2-4-8-17)16-19-13-20(22-27-19)21(26)25-12-11-24-10-6-5-9-18(24)15-25/h2-4,7-8,13,18H,5-6,9-12,14-16H2,1H3/t18-/m1/s1. The summed E-state index contributed by atoms with van der Waals surface area (Å²) >= 11 is 0. The smallest absolute Gasteiger partial charge is 0.276 e. The van der Waals surface area contributed by atoms with E-state index >= 15 is 0 Å². The summed E-state index contributed by atoms with van der Waals surface area (Å²) in [5.74, 6) is 0.731. The monoisotopic (exact) mass is 368 g/mol. The Labute approximate surface area is 160 Å². The van der Waals surface area contributed by atoms with E-state index in [0.29, 0.717) is 18.3 Å². The Kier molecular flexibility index (Phi) is 5.55. The predicted octanol–water partition coefficient (Wildman–Crippen LogP) is 2.62. The third-order valence-electron chi connectivity index (χ3n) is 5.62. The third kappa shape index (κ3) is 4.39. The van der Waals surface area contributed by atoms with Crippen molar-refractivity contribution in [2.45, 2.75) is 38.4 Å². The first-order valence-electron chi connectivity index (χ1n) is 9.90. The van der Waals surface area contributed by atoms with Crippen LogP contribution in [-0.2, 0) is 13.1 Å². The number of piperazine rings is 1. The van der Waals surface area contributed by atoms with E-state index in [4.69, 9.17) is 4.52 Å². The quantitative estimate of drug-likeness (QED) is 0.812.